The SMILES string of the molecule is COc1cc(C)sc1C(=O)N(C)CCC(N)C(C)C.Cl. The molecule has 0 aliphatic heterocycles. The number of carbonyl (C=O) groups excluding carboxylic acids is 1. The molecule has 1 heterocycles. The first-order valence-corrected chi connectivity index (χ1v) is 7.34. The quantitative estimate of drug-likeness (QED) is 0.876. The van der Waals surface area contributed by atoms with Gasteiger partial charge in [0, 0.05) is 24.5 Å². The van der Waals surface area contributed by atoms with Crippen molar-refractivity contribution < 1.29 is 9.53 Å². The number of nitrogens with two attached hydrogens (primary N) is 1. The van der Waals surface area contributed by atoms with Gasteiger partial charge in [-0.25, -0.2) is 0 Å². The van der Waals surface area contributed by atoms with Crippen molar-refractivity contribution in [1.82, 2.24) is 4.90 Å². The van der Waals surface area contributed by atoms with Gasteiger partial charge in [0.25, 0.3) is 5.91 Å². The lowest BCUT2D eigenvalue weighted by atomic mass is 10.0. The van der Waals surface area contributed by atoms with E-state index in [9.17, 15) is 4.79 Å². The molecule has 0 saturated heterocycles. The number of halogens is 1. The van der Waals surface area contributed by atoms with Gasteiger partial charge in [-0.3, -0.25) is 4.79 Å². The highest BCUT2D eigenvalue weighted by Gasteiger charge is 2.20. The predicted molar refractivity (Wildman–Crippen MR) is 87.2 cm³/mol. The van der Waals surface area contributed by atoms with Gasteiger partial charge in [0.05, 0.1) is 7.11 Å². The van der Waals surface area contributed by atoms with E-state index in [-0.39, 0.29) is 24.4 Å². The molecule has 2 N–H and O–H groups in total. The van der Waals surface area contributed by atoms with Crippen molar-refractivity contribution in [3.05, 3.63) is 15.8 Å². The number of amides is 1. The molecule has 0 saturated carbocycles. The first-order valence-electron chi connectivity index (χ1n) is 6.52. The van der Waals surface area contributed by atoms with E-state index in [1.165, 1.54) is 11.3 Å². The van der Waals surface area contributed by atoms with E-state index in [4.69, 9.17) is 10.5 Å². The second-order valence-corrected chi connectivity index (χ2v) is 6.43. The number of nitrogens with zero attached hydrogens (tertiary/aromatic N) is 1. The monoisotopic (exact) mass is 320 g/mol. The van der Waals surface area contributed by atoms with Crippen LogP contribution in [0.15, 0.2) is 6.07 Å². The Hall–Kier alpha value is -0.780. The van der Waals surface area contributed by atoms with Crippen molar-refractivity contribution in [2.75, 3.05) is 20.7 Å². The molecule has 0 aliphatic rings. The van der Waals surface area contributed by atoms with Gasteiger partial charge >= 0.3 is 0 Å². The van der Waals surface area contributed by atoms with Crippen molar-refractivity contribution in [3.63, 3.8) is 0 Å². The second kappa shape index (κ2) is 8.49. The Kier molecular flexibility index (Phi) is 8.16. The van der Waals surface area contributed by atoms with E-state index in [1.54, 1.807) is 12.0 Å². The smallest absolute Gasteiger partial charge is 0.267 e. The molecule has 20 heavy (non-hydrogen) atoms. The summed E-state index contributed by atoms with van der Waals surface area (Å²) in [5, 5.41) is 0. The van der Waals surface area contributed by atoms with Gasteiger partial charge in [0.2, 0.25) is 0 Å². The minimum atomic E-state index is 0. The summed E-state index contributed by atoms with van der Waals surface area (Å²) in [4.78, 5) is 15.8. The highest BCUT2D eigenvalue weighted by atomic mass is 35.5. The average molecular weight is 321 g/mol. The Labute approximate surface area is 131 Å². The third kappa shape index (κ3) is 4.96. The number of ether oxygens (including phenoxy) is 1. The standard InChI is InChI=1S/C14H24N2O2S.ClH/c1-9(2)11(15)6-7-16(4)14(17)13-12(18-5)8-10(3)19-13;/h8-9,11H,6-7,15H2,1-5H3;1H. The summed E-state index contributed by atoms with van der Waals surface area (Å²) in [6.45, 7) is 6.83. The van der Waals surface area contributed by atoms with Gasteiger partial charge < -0.3 is 15.4 Å². The first-order chi connectivity index (χ1) is 8.86. The highest BCUT2D eigenvalue weighted by Crippen LogP contribution is 2.29. The molecule has 0 spiro atoms. The molecule has 0 aromatic carbocycles. The van der Waals surface area contributed by atoms with Crippen LogP contribution in [0.4, 0.5) is 0 Å². The molecule has 116 valence electrons. The number of rotatable bonds is 6. The lowest BCUT2D eigenvalue weighted by Crippen LogP contribution is -2.34. The molecule has 1 rings (SSSR count). The van der Waals surface area contributed by atoms with Gasteiger partial charge in [-0.1, -0.05) is 13.8 Å². The van der Waals surface area contributed by atoms with E-state index < -0.39 is 0 Å². The van der Waals surface area contributed by atoms with Crippen molar-refractivity contribution in [2.24, 2.45) is 11.7 Å². The fourth-order valence-corrected chi connectivity index (χ4v) is 2.72. The zero-order chi connectivity index (χ0) is 14.6. The van der Waals surface area contributed by atoms with Crippen molar-refractivity contribution in [1.29, 1.82) is 0 Å². The molecule has 1 amide bonds. The fourth-order valence-electron chi connectivity index (χ4n) is 1.74. The molecule has 0 radical (unpaired) electrons. The molecule has 1 aromatic rings. The fraction of sp³-hybridized carbons (Fsp3) is 0.643. The lowest BCUT2D eigenvalue weighted by molar-refractivity contribution is 0.0791. The predicted octanol–water partition coefficient (Wildman–Crippen LogP) is 2.93. The second-order valence-electron chi connectivity index (χ2n) is 5.18. The Balaban J connectivity index is 0.00000361. The molecule has 1 unspecified atom stereocenters. The summed E-state index contributed by atoms with van der Waals surface area (Å²) in [5.41, 5.74) is 6.00. The summed E-state index contributed by atoms with van der Waals surface area (Å²) in [6.07, 6.45) is 0.812. The van der Waals surface area contributed by atoms with Crippen LogP contribution in [0, 0.1) is 12.8 Å². The average Bonchev–Trinajstić information content (AvgIpc) is 2.75. The van der Waals surface area contributed by atoms with Crippen LogP contribution in [-0.4, -0.2) is 37.6 Å². The maximum absolute atomic E-state index is 12.3. The molecule has 0 aliphatic carbocycles. The first kappa shape index (κ1) is 19.2. The minimum absolute atomic E-state index is 0. The van der Waals surface area contributed by atoms with Gasteiger partial charge in [-0.15, -0.1) is 23.7 Å². The number of hydrogen-bond donors (Lipinski definition) is 1. The zero-order valence-electron chi connectivity index (χ0n) is 12.8. The van der Waals surface area contributed by atoms with Crippen LogP contribution in [-0.2, 0) is 0 Å². The van der Waals surface area contributed by atoms with Gasteiger partial charge in [0.15, 0.2) is 0 Å². The van der Waals surface area contributed by atoms with Crippen molar-refractivity contribution in [2.45, 2.75) is 33.2 Å². The van der Waals surface area contributed by atoms with Crippen LogP contribution in [0.25, 0.3) is 0 Å². The summed E-state index contributed by atoms with van der Waals surface area (Å²) in [6, 6.07) is 2.02. The molecule has 4 nitrogen and oxygen atoms in total. The number of thiophene rings is 1. The molecule has 0 bridgehead atoms. The maximum atomic E-state index is 12.3. The normalized spacial score (nSPS) is 11.9. The Morgan fingerprint density at radius 2 is 2.10 bits per heavy atom. The third-order valence-corrected chi connectivity index (χ3v) is 4.26. The number of hydrogen-bond acceptors (Lipinski definition) is 4. The van der Waals surface area contributed by atoms with Crippen LogP contribution < -0.4 is 10.5 Å². The van der Waals surface area contributed by atoms with Crippen LogP contribution in [0.2, 0.25) is 0 Å². The number of aryl methyl sites for hydroxylation is 1. The van der Waals surface area contributed by atoms with Crippen LogP contribution in [0.3, 0.4) is 0 Å². The van der Waals surface area contributed by atoms with E-state index in [1.807, 2.05) is 20.0 Å². The Bertz CT molecular complexity index is 435. The van der Waals surface area contributed by atoms with Gasteiger partial charge in [-0.2, -0.15) is 0 Å². The van der Waals surface area contributed by atoms with Gasteiger partial charge in [-0.05, 0) is 25.3 Å². The number of methoxy groups -OCH3 is 1. The Morgan fingerprint density at radius 3 is 2.60 bits per heavy atom. The molecule has 1 atom stereocenters. The van der Waals surface area contributed by atoms with Crippen LogP contribution in [0.5, 0.6) is 5.75 Å². The third-order valence-electron chi connectivity index (χ3n) is 3.24. The van der Waals surface area contributed by atoms with E-state index in [2.05, 4.69) is 13.8 Å². The summed E-state index contributed by atoms with van der Waals surface area (Å²) in [7, 11) is 3.40. The summed E-state index contributed by atoms with van der Waals surface area (Å²) >= 11 is 1.47. The van der Waals surface area contributed by atoms with E-state index >= 15 is 0 Å². The number of carbonyl (C=O) groups is 1. The highest BCUT2D eigenvalue weighted by molar-refractivity contribution is 7.14. The van der Waals surface area contributed by atoms with Crippen molar-refractivity contribution >= 4 is 29.7 Å². The van der Waals surface area contributed by atoms with Crippen LogP contribution in [0.1, 0.15) is 34.8 Å². The van der Waals surface area contributed by atoms with Crippen LogP contribution >= 0.6 is 23.7 Å². The maximum Gasteiger partial charge on any atom is 0.267 e. The Morgan fingerprint density at radius 1 is 1.50 bits per heavy atom. The zero-order valence-corrected chi connectivity index (χ0v) is 14.4. The van der Waals surface area contributed by atoms with E-state index in [0.717, 1.165) is 11.3 Å². The van der Waals surface area contributed by atoms with E-state index in [0.29, 0.717) is 23.1 Å². The topological polar surface area (TPSA) is 55.6 Å². The minimum Gasteiger partial charge on any atom is -0.495 e. The molecule has 1 aromatic heterocycles. The molecule has 0 fully saturated rings. The largest absolute Gasteiger partial charge is 0.495 e. The van der Waals surface area contributed by atoms with Gasteiger partial charge in [0.1, 0.15) is 10.6 Å². The molecular formula is C14H25ClN2O2S. The van der Waals surface area contributed by atoms with Crippen molar-refractivity contribution in [3.8, 4) is 5.75 Å². The summed E-state index contributed by atoms with van der Waals surface area (Å²) < 4.78 is 5.24. The summed E-state index contributed by atoms with van der Waals surface area (Å²) in [5.74, 6) is 1.10. The molecular weight excluding hydrogens is 296 g/mol. The molecule has 6 heteroatoms. The lowest BCUT2D eigenvalue weighted by Gasteiger charge is -2.21.